The van der Waals surface area contributed by atoms with E-state index in [9.17, 15) is 13.6 Å². The van der Waals surface area contributed by atoms with Crippen LogP contribution in [0.1, 0.15) is 36.8 Å². The molecule has 0 aromatic heterocycles. The molecule has 0 saturated heterocycles. The van der Waals surface area contributed by atoms with Crippen LogP contribution in [-0.4, -0.2) is 6.08 Å². The third-order valence-corrected chi connectivity index (χ3v) is 3.51. The maximum absolute atomic E-state index is 13.5. The van der Waals surface area contributed by atoms with Crippen molar-refractivity contribution in [3.05, 3.63) is 34.9 Å². The molecule has 0 spiro atoms. The van der Waals surface area contributed by atoms with E-state index in [1.165, 1.54) is 25.1 Å². The summed E-state index contributed by atoms with van der Waals surface area (Å²) in [6.07, 6.45) is 4.63. The molecule has 0 atom stereocenters. The molecule has 2 rings (SSSR count). The lowest BCUT2D eigenvalue weighted by atomic mass is 9.88. The zero-order chi connectivity index (χ0) is 12.5. The van der Waals surface area contributed by atoms with Gasteiger partial charge < -0.3 is 0 Å². The fraction of sp³-hybridized carbons (Fsp3) is 0.462. The predicted molar refractivity (Wildman–Crippen MR) is 59.4 cm³/mol. The van der Waals surface area contributed by atoms with Crippen LogP contribution in [0.4, 0.5) is 8.78 Å². The number of hydrogen-bond acceptors (Lipinski definition) is 2. The number of benzene rings is 1. The standard InChI is InChI=1S/C13H13F2NO/c1-9-11(14)6-10(7-12(9)15)13(16-8-17)4-2-3-5-13/h6-7H,2-5H2,1H3. The zero-order valence-corrected chi connectivity index (χ0v) is 9.59. The summed E-state index contributed by atoms with van der Waals surface area (Å²) in [5.74, 6) is -1.18. The van der Waals surface area contributed by atoms with Crippen LogP contribution >= 0.6 is 0 Å². The Bertz CT molecular complexity index is 463. The first-order chi connectivity index (χ1) is 8.09. The van der Waals surface area contributed by atoms with Crippen molar-refractivity contribution in [3.8, 4) is 0 Å². The van der Waals surface area contributed by atoms with Gasteiger partial charge in [0.05, 0.1) is 5.54 Å². The number of halogens is 2. The summed E-state index contributed by atoms with van der Waals surface area (Å²) in [4.78, 5) is 14.3. The van der Waals surface area contributed by atoms with E-state index in [-0.39, 0.29) is 5.56 Å². The molecule has 1 saturated carbocycles. The number of rotatable bonds is 2. The molecular weight excluding hydrogens is 224 g/mol. The molecule has 0 radical (unpaired) electrons. The highest BCUT2D eigenvalue weighted by Crippen LogP contribution is 2.42. The smallest absolute Gasteiger partial charge is 0.211 e. The zero-order valence-electron chi connectivity index (χ0n) is 9.59. The summed E-state index contributed by atoms with van der Waals surface area (Å²) in [6, 6.07) is 2.56. The van der Waals surface area contributed by atoms with Crippen molar-refractivity contribution in [2.24, 2.45) is 4.99 Å². The first-order valence-corrected chi connectivity index (χ1v) is 5.64. The lowest BCUT2D eigenvalue weighted by Gasteiger charge is -2.23. The van der Waals surface area contributed by atoms with Crippen molar-refractivity contribution < 1.29 is 13.6 Å². The van der Waals surface area contributed by atoms with Crippen LogP contribution in [0.3, 0.4) is 0 Å². The second-order valence-corrected chi connectivity index (χ2v) is 4.51. The third-order valence-electron chi connectivity index (χ3n) is 3.51. The monoisotopic (exact) mass is 237 g/mol. The summed E-state index contributed by atoms with van der Waals surface area (Å²) >= 11 is 0. The molecule has 1 aliphatic carbocycles. The Hall–Kier alpha value is -1.54. The van der Waals surface area contributed by atoms with Crippen molar-refractivity contribution in [2.45, 2.75) is 38.1 Å². The van der Waals surface area contributed by atoms with Gasteiger partial charge in [-0.2, -0.15) is 4.99 Å². The van der Waals surface area contributed by atoms with Crippen molar-refractivity contribution in [1.29, 1.82) is 0 Å². The van der Waals surface area contributed by atoms with Crippen LogP contribution in [0, 0.1) is 18.6 Å². The SMILES string of the molecule is Cc1c(F)cc(C2(N=C=O)CCCC2)cc1F. The molecule has 0 bridgehead atoms. The largest absolute Gasteiger partial charge is 0.235 e. The minimum atomic E-state index is -0.767. The van der Waals surface area contributed by atoms with Gasteiger partial charge in [0.15, 0.2) is 0 Å². The molecule has 1 aromatic carbocycles. The Morgan fingerprint density at radius 2 is 1.76 bits per heavy atom. The Morgan fingerprint density at radius 1 is 1.24 bits per heavy atom. The molecule has 0 amide bonds. The Morgan fingerprint density at radius 3 is 2.24 bits per heavy atom. The van der Waals surface area contributed by atoms with Crippen LogP contribution in [-0.2, 0) is 10.3 Å². The van der Waals surface area contributed by atoms with Crippen LogP contribution in [0.15, 0.2) is 17.1 Å². The minimum Gasteiger partial charge on any atom is -0.211 e. The van der Waals surface area contributed by atoms with Gasteiger partial charge in [0.2, 0.25) is 6.08 Å². The van der Waals surface area contributed by atoms with E-state index < -0.39 is 17.2 Å². The normalized spacial score (nSPS) is 17.8. The molecule has 0 unspecified atom stereocenters. The summed E-state index contributed by atoms with van der Waals surface area (Å²) in [6.45, 7) is 1.39. The van der Waals surface area contributed by atoms with Crippen molar-refractivity contribution >= 4 is 6.08 Å². The van der Waals surface area contributed by atoms with E-state index in [0.29, 0.717) is 18.4 Å². The fourth-order valence-corrected chi connectivity index (χ4v) is 2.43. The number of hydrogen-bond donors (Lipinski definition) is 0. The molecule has 90 valence electrons. The van der Waals surface area contributed by atoms with E-state index in [4.69, 9.17) is 0 Å². The highest BCUT2D eigenvalue weighted by Gasteiger charge is 2.36. The maximum Gasteiger partial charge on any atom is 0.235 e. The molecule has 17 heavy (non-hydrogen) atoms. The van der Waals surface area contributed by atoms with Gasteiger partial charge in [0.1, 0.15) is 11.6 Å². The van der Waals surface area contributed by atoms with Gasteiger partial charge in [-0.15, -0.1) is 0 Å². The van der Waals surface area contributed by atoms with Gasteiger partial charge in [-0.1, -0.05) is 12.8 Å². The minimum absolute atomic E-state index is 0.00280. The number of aliphatic imine (C=N–C) groups is 1. The summed E-state index contributed by atoms with van der Waals surface area (Å²) < 4.78 is 27.0. The average molecular weight is 237 g/mol. The molecular formula is C13H13F2NO. The van der Waals surface area contributed by atoms with Gasteiger partial charge in [0.25, 0.3) is 0 Å². The summed E-state index contributed by atoms with van der Waals surface area (Å²) in [5, 5.41) is 0. The number of isocyanates is 1. The predicted octanol–water partition coefficient (Wildman–Crippen LogP) is 3.38. The van der Waals surface area contributed by atoms with Crippen LogP contribution in [0.5, 0.6) is 0 Å². The quantitative estimate of drug-likeness (QED) is 0.572. The molecule has 0 N–H and O–H groups in total. The molecule has 0 aliphatic heterocycles. The molecule has 0 heterocycles. The second kappa shape index (κ2) is 4.38. The fourth-order valence-electron chi connectivity index (χ4n) is 2.43. The lowest BCUT2D eigenvalue weighted by Crippen LogP contribution is -2.19. The van der Waals surface area contributed by atoms with E-state index >= 15 is 0 Å². The van der Waals surface area contributed by atoms with Crippen LogP contribution in [0.2, 0.25) is 0 Å². The van der Waals surface area contributed by atoms with Gasteiger partial charge in [-0.25, -0.2) is 13.6 Å². The van der Waals surface area contributed by atoms with Crippen molar-refractivity contribution in [1.82, 2.24) is 0 Å². The van der Waals surface area contributed by atoms with E-state index in [1.54, 1.807) is 0 Å². The number of nitrogens with zero attached hydrogens (tertiary/aromatic N) is 1. The Balaban J connectivity index is 2.54. The van der Waals surface area contributed by atoms with Gasteiger partial charge in [-0.3, -0.25) is 0 Å². The highest BCUT2D eigenvalue weighted by molar-refractivity contribution is 5.40. The highest BCUT2D eigenvalue weighted by atomic mass is 19.1. The molecule has 1 fully saturated rings. The van der Waals surface area contributed by atoms with Gasteiger partial charge in [0, 0.05) is 5.56 Å². The lowest BCUT2D eigenvalue weighted by molar-refractivity contribution is 0.446. The summed E-state index contributed by atoms with van der Waals surface area (Å²) in [7, 11) is 0. The van der Waals surface area contributed by atoms with E-state index in [1.807, 2.05) is 0 Å². The Kier molecular flexibility index (Phi) is 3.07. The van der Waals surface area contributed by atoms with Gasteiger partial charge in [-0.05, 0) is 37.5 Å². The first-order valence-electron chi connectivity index (χ1n) is 5.64. The third kappa shape index (κ3) is 2.01. The topological polar surface area (TPSA) is 29.4 Å². The van der Waals surface area contributed by atoms with Crippen molar-refractivity contribution in [3.63, 3.8) is 0 Å². The maximum atomic E-state index is 13.5. The van der Waals surface area contributed by atoms with Crippen LogP contribution < -0.4 is 0 Å². The average Bonchev–Trinajstić information content (AvgIpc) is 2.75. The molecule has 1 aromatic rings. The van der Waals surface area contributed by atoms with Crippen LogP contribution in [0.25, 0.3) is 0 Å². The molecule has 4 heteroatoms. The summed E-state index contributed by atoms with van der Waals surface area (Å²) in [5.41, 5.74) is -0.326. The van der Waals surface area contributed by atoms with Gasteiger partial charge >= 0.3 is 0 Å². The number of carbonyl (C=O) groups excluding carboxylic acids is 1. The Labute approximate surface area is 98.4 Å². The van der Waals surface area contributed by atoms with E-state index in [2.05, 4.69) is 4.99 Å². The molecule has 1 aliphatic rings. The second-order valence-electron chi connectivity index (χ2n) is 4.51. The first kappa shape index (κ1) is 11.9. The molecule has 2 nitrogen and oxygen atoms in total. The van der Waals surface area contributed by atoms with Crippen molar-refractivity contribution in [2.75, 3.05) is 0 Å². The van der Waals surface area contributed by atoms with E-state index in [0.717, 1.165) is 12.8 Å².